The minimum atomic E-state index is -0.321. The highest BCUT2D eigenvalue weighted by Gasteiger charge is 2.18. The molecule has 15 heavy (non-hydrogen) atoms. The Hall–Kier alpha value is -0.153. The third-order valence-electron chi connectivity index (χ3n) is 3.16. The van der Waals surface area contributed by atoms with Crippen LogP contribution in [0.5, 0.6) is 0 Å². The Morgan fingerprint density at radius 1 is 1.40 bits per heavy atom. The van der Waals surface area contributed by atoms with Crippen LogP contribution in [-0.4, -0.2) is 27.6 Å². The average molecular weight is 228 g/mol. The molecular formula is C12H24O2Si. The van der Waals surface area contributed by atoms with Gasteiger partial charge in [0.15, 0.2) is 0 Å². The molecule has 0 spiro atoms. The minimum absolute atomic E-state index is 0.000324. The van der Waals surface area contributed by atoms with Gasteiger partial charge in [-0.1, -0.05) is 45.1 Å². The fraction of sp³-hybridized carbons (Fsp3) is 0.917. The van der Waals surface area contributed by atoms with Crippen molar-refractivity contribution in [2.45, 2.75) is 69.7 Å². The van der Waals surface area contributed by atoms with Gasteiger partial charge in [-0.05, 0) is 12.8 Å². The van der Waals surface area contributed by atoms with Gasteiger partial charge in [0, 0.05) is 0 Å². The highest BCUT2D eigenvalue weighted by Crippen LogP contribution is 2.21. The van der Waals surface area contributed by atoms with Gasteiger partial charge in [0.2, 0.25) is 0 Å². The minimum Gasteiger partial charge on any atom is -0.372 e. The fourth-order valence-electron chi connectivity index (χ4n) is 2.21. The van der Waals surface area contributed by atoms with E-state index in [2.05, 4.69) is 6.92 Å². The van der Waals surface area contributed by atoms with Crippen molar-refractivity contribution in [2.24, 2.45) is 0 Å². The molecule has 0 aromatic rings. The van der Waals surface area contributed by atoms with E-state index in [1.165, 1.54) is 51.0 Å². The van der Waals surface area contributed by atoms with Gasteiger partial charge in [-0.3, -0.25) is 0 Å². The Morgan fingerprint density at radius 2 is 2.13 bits per heavy atom. The lowest BCUT2D eigenvalue weighted by atomic mass is 9.98. The Kier molecular flexibility index (Phi) is 6.93. The molecule has 2 nitrogen and oxygen atoms in total. The van der Waals surface area contributed by atoms with Crippen LogP contribution < -0.4 is 0 Å². The Balaban J connectivity index is 2.16. The molecule has 0 aromatic carbocycles. The molecule has 0 heterocycles. The van der Waals surface area contributed by atoms with E-state index in [1.54, 1.807) is 0 Å². The Labute approximate surface area is 95.6 Å². The third kappa shape index (κ3) is 5.47. The van der Waals surface area contributed by atoms with Crippen LogP contribution in [0.3, 0.4) is 0 Å². The fourth-order valence-corrected chi connectivity index (χ4v) is 3.95. The molecule has 1 saturated carbocycles. The lowest BCUT2D eigenvalue weighted by Gasteiger charge is -2.25. The quantitative estimate of drug-likeness (QED) is 0.379. The van der Waals surface area contributed by atoms with Crippen LogP contribution >= 0.6 is 0 Å². The van der Waals surface area contributed by atoms with Gasteiger partial charge < -0.3 is 9.53 Å². The number of hydrogen-bond donors (Lipinski definition) is 0. The number of hydrogen-bond acceptors (Lipinski definition) is 2. The van der Waals surface area contributed by atoms with E-state index in [0.717, 1.165) is 6.29 Å². The maximum atomic E-state index is 10.9. The molecule has 0 N–H and O–H groups in total. The molecule has 0 aliphatic heterocycles. The van der Waals surface area contributed by atoms with Crippen LogP contribution in [0.25, 0.3) is 0 Å². The second-order valence-electron chi connectivity index (χ2n) is 4.57. The van der Waals surface area contributed by atoms with Crippen LogP contribution in [0, 0.1) is 0 Å². The van der Waals surface area contributed by atoms with Crippen molar-refractivity contribution in [1.29, 1.82) is 0 Å². The van der Waals surface area contributed by atoms with Gasteiger partial charge in [-0.15, -0.1) is 0 Å². The Morgan fingerprint density at radius 3 is 2.73 bits per heavy atom. The first-order valence-corrected chi connectivity index (χ1v) is 8.29. The van der Waals surface area contributed by atoms with Crippen LogP contribution in [0.1, 0.15) is 51.9 Å². The molecule has 0 radical (unpaired) electrons. The maximum absolute atomic E-state index is 10.9. The van der Waals surface area contributed by atoms with Crippen molar-refractivity contribution < 1.29 is 9.53 Å². The predicted molar refractivity (Wildman–Crippen MR) is 66.1 cm³/mol. The zero-order chi connectivity index (χ0) is 10.9. The zero-order valence-corrected chi connectivity index (χ0v) is 11.3. The van der Waals surface area contributed by atoms with Crippen molar-refractivity contribution >= 4 is 15.8 Å². The first-order chi connectivity index (χ1) is 7.36. The number of carbonyl (C=O) groups is 1. The van der Waals surface area contributed by atoms with E-state index >= 15 is 0 Å². The third-order valence-corrected chi connectivity index (χ3v) is 5.03. The highest BCUT2D eigenvalue weighted by atomic mass is 28.2. The summed E-state index contributed by atoms with van der Waals surface area (Å²) < 4.78 is 5.88. The number of ether oxygens (including phenoxy) is 1. The van der Waals surface area contributed by atoms with Gasteiger partial charge in [-0.25, -0.2) is 0 Å². The predicted octanol–water partition coefficient (Wildman–Crippen LogP) is 2.25. The summed E-state index contributed by atoms with van der Waals surface area (Å²) in [5, 5.41) is 0. The largest absolute Gasteiger partial charge is 0.372 e. The molecule has 1 unspecified atom stereocenters. The molecule has 88 valence electrons. The summed E-state index contributed by atoms with van der Waals surface area (Å²) in [6, 6.07) is 1.26. The van der Waals surface area contributed by atoms with Gasteiger partial charge in [0.25, 0.3) is 0 Å². The summed E-state index contributed by atoms with van der Waals surface area (Å²) >= 11 is 0. The molecule has 1 fully saturated rings. The first-order valence-electron chi connectivity index (χ1n) is 6.47. The summed E-state index contributed by atoms with van der Waals surface area (Å²) in [5.41, 5.74) is -0.000324. The lowest BCUT2D eigenvalue weighted by Crippen LogP contribution is -2.29. The molecule has 3 heteroatoms. The van der Waals surface area contributed by atoms with Crippen LogP contribution in [0.4, 0.5) is 0 Å². The molecule has 1 atom stereocenters. The zero-order valence-electron chi connectivity index (χ0n) is 9.91. The van der Waals surface area contributed by atoms with Crippen molar-refractivity contribution in [3.05, 3.63) is 0 Å². The lowest BCUT2D eigenvalue weighted by molar-refractivity contribution is -0.117. The molecule has 0 saturated heterocycles. The first kappa shape index (κ1) is 12.9. The molecule has 0 aromatic heterocycles. The van der Waals surface area contributed by atoms with E-state index in [-0.39, 0.29) is 15.2 Å². The van der Waals surface area contributed by atoms with Gasteiger partial charge >= 0.3 is 0 Å². The van der Waals surface area contributed by atoms with Crippen LogP contribution in [0.15, 0.2) is 0 Å². The molecule has 1 aliphatic carbocycles. The average Bonchev–Trinajstić information content (AvgIpc) is 2.29. The van der Waals surface area contributed by atoms with Crippen LogP contribution in [0.2, 0.25) is 6.04 Å². The van der Waals surface area contributed by atoms with Crippen LogP contribution in [-0.2, 0) is 9.53 Å². The maximum Gasteiger partial charge on any atom is 0.144 e. The molecular weight excluding hydrogens is 204 g/mol. The summed E-state index contributed by atoms with van der Waals surface area (Å²) in [5.74, 6) is 0. The van der Waals surface area contributed by atoms with E-state index in [1.807, 2.05) is 0 Å². The van der Waals surface area contributed by atoms with Crippen molar-refractivity contribution in [2.75, 3.05) is 0 Å². The molecule has 1 aliphatic rings. The summed E-state index contributed by atoms with van der Waals surface area (Å²) in [4.78, 5) is 10.9. The second kappa shape index (κ2) is 8.05. The second-order valence-corrected chi connectivity index (χ2v) is 6.66. The van der Waals surface area contributed by atoms with Gasteiger partial charge in [0.05, 0.1) is 21.4 Å². The summed E-state index contributed by atoms with van der Waals surface area (Å²) in [6.45, 7) is 2.20. The number of unbranched alkanes of at least 4 members (excludes halogenated alkanes) is 1. The van der Waals surface area contributed by atoms with E-state index < -0.39 is 0 Å². The smallest absolute Gasteiger partial charge is 0.144 e. The van der Waals surface area contributed by atoms with Crippen molar-refractivity contribution in [3.63, 3.8) is 0 Å². The number of carbonyl (C=O) groups excluding carboxylic acids is 1. The molecule has 1 rings (SSSR count). The Bertz CT molecular complexity index is 167. The summed E-state index contributed by atoms with van der Waals surface area (Å²) in [7, 11) is -0.321. The molecule has 0 bridgehead atoms. The van der Waals surface area contributed by atoms with E-state index in [9.17, 15) is 4.79 Å². The van der Waals surface area contributed by atoms with Gasteiger partial charge in [0.1, 0.15) is 6.29 Å². The number of rotatable bonds is 7. The number of aldehydes is 1. The van der Waals surface area contributed by atoms with Gasteiger partial charge in [-0.2, -0.15) is 0 Å². The SMILES string of the molecule is CCCC[SiH2]C(C=O)OC1CCCCC1. The van der Waals surface area contributed by atoms with E-state index in [4.69, 9.17) is 4.74 Å². The normalized spacial score (nSPS) is 20.9. The van der Waals surface area contributed by atoms with Crippen molar-refractivity contribution in [1.82, 2.24) is 0 Å². The van der Waals surface area contributed by atoms with Crippen molar-refractivity contribution in [3.8, 4) is 0 Å². The highest BCUT2D eigenvalue weighted by molar-refractivity contribution is 6.41. The molecule has 0 amide bonds. The topological polar surface area (TPSA) is 26.3 Å². The monoisotopic (exact) mass is 228 g/mol. The summed E-state index contributed by atoms with van der Waals surface area (Å²) in [6.07, 6.45) is 10.2. The van der Waals surface area contributed by atoms with E-state index in [0.29, 0.717) is 6.10 Å². The standard InChI is InChI=1S/C12H24O2Si/c1-2-3-9-15-12(10-13)14-11-7-5-4-6-8-11/h10-12H,2-9,15H2,1H3.